The Labute approximate surface area is 181 Å². The maximum atomic E-state index is 13.1. The summed E-state index contributed by atoms with van der Waals surface area (Å²) in [6.45, 7) is 2.33. The zero-order valence-corrected chi connectivity index (χ0v) is 17.9. The predicted molar refractivity (Wildman–Crippen MR) is 119 cm³/mol. The number of anilines is 1. The number of aromatic nitrogens is 2. The van der Waals surface area contributed by atoms with Gasteiger partial charge in [-0.3, -0.25) is 9.78 Å². The first-order chi connectivity index (χ1) is 14.9. The molecule has 0 unspecified atom stereocenters. The molecule has 31 heavy (non-hydrogen) atoms. The molecule has 8 nitrogen and oxygen atoms in total. The number of carbonyl (C=O) groups excluding carboxylic acids is 1. The van der Waals surface area contributed by atoms with E-state index in [0.717, 1.165) is 0 Å². The number of sulfonamides is 1. The second kappa shape index (κ2) is 8.54. The number of pyridine rings is 2. The Morgan fingerprint density at radius 1 is 0.968 bits per heavy atom. The molecule has 1 fully saturated rings. The van der Waals surface area contributed by atoms with Gasteiger partial charge in [-0.05, 0) is 36.9 Å². The van der Waals surface area contributed by atoms with Gasteiger partial charge in [0.1, 0.15) is 11.5 Å². The van der Waals surface area contributed by atoms with Crippen molar-refractivity contribution in [3.8, 4) is 22.3 Å². The van der Waals surface area contributed by atoms with Crippen molar-refractivity contribution in [2.75, 3.05) is 39.0 Å². The van der Waals surface area contributed by atoms with Crippen molar-refractivity contribution in [3.63, 3.8) is 0 Å². The Kier molecular flexibility index (Phi) is 5.81. The fourth-order valence-corrected chi connectivity index (χ4v) is 5.07. The first-order valence-electron chi connectivity index (χ1n) is 9.85. The Hall–Kier alpha value is -3.14. The second-order valence-electron chi connectivity index (χ2n) is 7.45. The number of benzene rings is 1. The van der Waals surface area contributed by atoms with Gasteiger partial charge in [0.2, 0.25) is 10.0 Å². The number of hydrogen-bond acceptors (Lipinski definition) is 7. The van der Waals surface area contributed by atoms with E-state index in [-0.39, 0.29) is 16.4 Å². The summed E-state index contributed by atoms with van der Waals surface area (Å²) in [4.78, 5) is 22.1. The Balaban J connectivity index is 1.72. The molecule has 0 bridgehead atoms. The van der Waals surface area contributed by atoms with E-state index in [0.29, 0.717) is 54.7 Å². The molecule has 2 aromatic heterocycles. The molecule has 0 aliphatic carbocycles. The van der Waals surface area contributed by atoms with Crippen molar-refractivity contribution in [2.24, 2.45) is 0 Å². The average Bonchev–Trinajstić information content (AvgIpc) is 2.80. The minimum Gasteiger partial charge on any atom is -0.383 e. The molecule has 1 aliphatic rings. The Morgan fingerprint density at radius 2 is 1.74 bits per heavy atom. The van der Waals surface area contributed by atoms with Crippen LogP contribution in [0.2, 0.25) is 0 Å². The van der Waals surface area contributed by atoms with E-state index in [4.69, 9.17) is 5.73 Å². The number of hydrogen-bond donors (Lipinski definition) is 1. The van der Waals surface area contributed by atoms with E-state index >= 15 is 0 Å². The van der Waals surface area contributed by atoms with Crippen molar-refractivity contribution < 1.29 is 13.2 Å². The van der Waals surface area contributed by atoms with Gasteiger partial charge >= 0.3 is 0 Å². The van der Waals surface area contributed by atoms with Crippen LogP contribution < -0.4 is 5.73 Å². The van der Waals surface area contributed by atoms with Crippen LogP contribution >= 0.6 is 0 Å². The zero-order valence-electron chi connectivity index (χ0n) is 17.1. The Bertz CT molecular complexity index is 1220. The molecule has 0 amide bonds. The maximum Gasteiger partial charge on any atom is 0.243 e. The summed E-state index contributed by atoms with van der Waals surface area (Å²) in [5.74, 6) is 0.265. The van der Waals surface area contributed by atoms with Crippen molar-refractivity contribution in [1.82, 2.24) is 19.2 Å². The summed E-state index contributed by atoms with van der Waals surface area (Å²) in [5.41, 5.74) is 8.87. The Morgan fingerprint density at radius 3 is 2.48 bits per heavy atom. The lowest BCUT2D eigenvalue weighted by Crippen LogP contribution is -2.47. The van der Waals surface area contributed by atoms with Gasteiger partial charge in [0.25, 0.3) is 0 Å². The molecule has 0 saturated carbocycles. The number of piperazine rings is 1. The van der Waals surface area contributed by atoms with E-state index in [1.165, 1.54) is 10.5 Å². The molecular weight excluding hydrogens is 414 g/mol. The highest BCUT2D eigenvalue weighted by Gasteiger charge is 2.27. The van der Waals surface area contributed by atoms with Gasteiger partial charge in [0.05, 0.1) is 4.90 Å². The van der Waals surface area contributed by atoms with Crippen LogP contribution in [-0.2, 0) is 10.0 Å². The highest BCUT2D eigenvalue weighted by atomic mass is 32.2. The third-order valence-electron chi connectivity index (χ3n) is 5.43. The fraction of sp³-hybridized carbons (Fsp3) is 0.227. The van der Waals surface area contributed by atoms with E-state index in [1.807, 2.05) is 13.1 Å². The SMILES string of the molecule is CN1CCN(S(=O)(=O)c2cccc(-c3cnc(N)c(-c4cccnc4C=O)c3)c2)CC1. The van der Waals surface area contributed by atoms with Crippen LogP contribution in [0.1, 0.15) is 10.5 Å². The van der Waals surface area contributed by atoms with Crippen LogP contribution in [0.4, 0.5) is 5.82 Å². The highest BCUT2D eigenvalue weighted by Crippen LogP contribution is 2.32. The monoisotopic (exact) mass is 437 g/mol. The topological polar surface area (TPSA) is 109 Å². The van der Waals surface area contributed by atoms with E-state index < -0.39 is 10.0 Å². The largest absolute Gasteiger partial charge is 0.383 e. The van der Waals surface area contributed by atoms with Gasteiger partial charge in [-0.15, -0.1) is 0 Å². The number of nitrogens with two attached hydrogens (primary N) is 1. The highest BCUT2D eigenvalue weighted by molar-refractivity contribution is 7.89. The first-order valence-corrected chi connectivity index (χ1v) is 11.3. The maximum absolute atomic E-state index is 13.1. The number of aldehydes is 1. The molecule has 0 atom stereocenters. The van der Waals surface area contributed by atoms with Crippen LogP contribution in [0, 0.1) is 0 Å². The number of rotatable bonds is 5. The third kappa shape index (κ3) is 4.20. The summed E-state index contributed by atoms with van der Waals surface area (Å²) in [7, 11) is -1.61. The standard InChI is InChI=1S/C22H23N5O3S/c1-26-8-10-27(11-9-26)31(29,30)18-5-2-4-16(12-18)17-13-20(22(23)25-14-17)19-6-3-7-24-21(19)15-28/h2-7,12-15H,8-11H2,1H3,(H2,23,25). The van der Waals surface area contributed by atoms with Crippen LogP contribution in [0.3, 0.4) is 0 Å². The summed E-state index contributed by atoms with van der Waals surface area (Å²) in [6, 6.07) is 12.1. The predicted octanol–water partition coefficient (Wildman–Crippen LogP) is 2.14. The number of nitrogen functional groups attached to an aromatic ring is 1. The molecule has 1 aliphatic heterocycles. The summed E-state index contributed by atoms with van der Waals surface area (Å²) < 4.78 is 27.8. The zero-order chi connectivity index (χ0) is 22.0. The minimum atomic E-state index is -3.59. The first kappa shape index (κ1) is 21.1. The normalized spacial score (nSPS) is 15.6. The van der Waals surface area contributed by atoms with Gasteiger partial charge in [-0.25, -0.2) is 13.4 Å². The lowest BCUT2D eigenvalue weighted by molar-refractivity contribution is 0.111. The van der Waals surface area contributed by atoms with Crippen LogP contribution in [0.5, 0.6) is 0 Å². The number of carbonyl (C=O) groups is 1. The van der Waals surface area contributed by atoms with Crippen LogP contribution in [-0.4, -0.2) is 67.1 Å². The van der Waals surface area contributed by atoms with Gasteiger partial charge in [-0.2, -0.15) is 4.31 Å². The van der Waals surface area contributed by atoms with Crippen LogP contribution in [0.15, 0.2) is 59.8 Å². The van der Waals surface area contributed by atoms with Gasteiger partial charge in [0.15, 0.2) is 6.29 Å². The van der Waals surface area contributed by atoms with Gasteiger partial charge in [0, 0.05) is 55.3 Å². The second-order valence-corrected chi connectivity index (χ2v) is 9.38. The molecule has 3 heterocycles. The molecule has 9 heteroatoms. The summed E-state index contributed by atoms with van der Waals surface area (Å²) in [6.07, 6.45) is 3.80. The van der Waals surface area contributed by atoms with Crippen molar-refractivity contribution in [2.45, 2.75) is 4.90 Å². The molecule has 4 rings (SSSR count). The smallest absolute Gasteiger partial charge is 0.243 e. The van der Waals surface area contributed by atoms with Crippen molar-refractivity contribution in [1.29, 1.82) is 0 Å². The van der Waals surface area contributed by atoms with Crippen molar-refractivity contribution in [3.05, 3.63) is 60.6 Å². The lowest BCUT2D eigenvalue weighted by Gasteiger charge is -2.31. The number of likely N-dealkylation sites (N-methyl/N-ethyl adjacent to an activating group) is 1. The molecule has 0 radical (unpaired) electrons. The molecule has 0 spiro atoms. The molecule has 1 aromatic carbocycles. The third-order valence-corrected chi connectivity index (χ3v) is 7.32. The minimum absolute atomic E-state index is 0.239. The molecule has 3 aromatic rings. The van der Waals surface area contributed by atoms with E-state index in [1.54, 1.807) is 42.6 Å². The fourth-order valence-electron chi connectivity index (χ4n) is 3.60. The summed E-state index contributed by atoms with van der Waals surface area (Å²) >= 11 is 0. The number of nitrogens with zero attached hydrogens (tertiary/aromatic N) is 4. The summed E-state index contributed by atoms with van der Waals surface area (Å²) in [5, 5.41) is 0. The van der Waals surface area contributed by atoms with E-state index in [2.05, 4.69) is 14.9 Å². The van der Waals surface area contributed by atoms with Crippen LogP contribution in [0.25, 0.3) is 22.3 Å². The molecule has 2 N–H and O–H groups in total. The molecule has 160 valence electrons. The van der Waals surface area contributed by atoms with E-state index in [9.17, 15) is 13.2 Å². The molecular formula is C22H23N5O3S. The van der Waals surface area contributed by atoms with Crippen molar-refractivity contribution >= 4 is 22.1 Å². The average molecular weight is 438 g/mol. The van der Waals surface area contributed by atoms with Gasteiger partial charge in [-0.1, -0.05) is 18.2 Å². The van der Waals surface area contributed by atoms with Gasteiger partial charge < -0.3 is 10.6 Å². The quantitative estimate of drug-likeness (QED) is 0.609. The molecule has 1 saturated heterocycles. The lowest BCUT2D eigenvalue weighted by atomic mass is 10.0.